The van der Waals surface area contributed by atoms with Crippen LogP contribution in [0.1, 0.15) is 16.9 Å². The topological polar surface area (TPSA) is 94.5 Å². The van der Waals surface area contributed by atoms with Crippen molar-refractivity contribution in [1.29, 1.82) is 0 Å². The molecule has 2 amide bonds. The van der Waals surface area contributed by atoms with Crippen LogP contribution < -0.4 is 20.1 Å². The van der Waals surface area contributed by atoms with E-state index in [0.717, 1.165) is 11.3 Å². The number of benzene rings is 1. The SMILES string of the molecule is COc1ccc(-c2cc(C(=O)NC3CCNC3=O)nn2C)cc1OC. The summed E-state index contributed by atoms with van der Waals surface area (Å²) < 4.78 is 12.2. The van der Waals surface area contributed by atoms with Gasteiger partial charge in [0.1, 0.15) is 6.04 Å². The summed E-state index contributed by atoms with van der Waals surface area (Å²) in [4.78, 5) is 23.9. The number of nitrogens with one attached hydrogen (secondary N) is 2. The first-order valence-electron chi connectivity index (χ1n) is 7.88. The lowest BCUT2D eigenvalue weighted by Crippen LogP contribution is -2.40. The Morgan fingerprint density at radius 3 is 2.68 bits per heavy atom. The predicted molar refractivity (Wildman–Crippen MR) is 90.6 cm³/mol. The van der Waals surface area contributed by atoms with E-state index in [9.17, 15) is 9.59 Å². The zero-order valence-electron chi connectivity index (χ0n) is 14.3. The zero-order chi connectivity index (χ0) is 18.0. The molecule has 1 unspecified atom stereocenters. The van der Waals surface area contributed by atoms with Gasteiger partial charge in [-0.1, -0.05) is 0 Å². The fourth-order valence-corrected chi connectivity index (χ4v) is 2.81. The van der Waals surface area contributed by atoms with Crippen LogP contribution >= 0.6 is 0 Å². The van der Waals surface area contributed by atoms with Crippen molar-refractivity contribution in [2.75, 3.05) is 20.8 Å². The third kappa shape index (κ3) is 3.28. The molecule has 0 spiro atoms. The number of hydrogen-bond acceptors (Lipinski definition) is 5. The number of rotatable bonds is 5. The highest BCUT2D eigenvalue weighted by molar-refractivity contribution is 5.97. The minimum atomic E-state index is -0.501. The van der Waals surface area contributed by atoms with Gasteiger partial charge >= 0.3 is 0 Å². The van der Waals surface area contributed by atoms with Crippen molar-refractivity contribution in [1.82, 2.24) is 20.4 Å². The van der Waals surface area contributed by atoms with Crippen molar-refractivity contribution >= 4 is 11.8 Å². The smallest absolute Gasteiger partial charge is 0.272 e. The Bertz CT molecular complexity index is 815. The molecule has 25 heavy (non-hydrogen) atoms. The van der Waals surface area contributed by atoms with Crippen LogP contribution in [-0.4, -0.2) is 48.4 Å². The first-order valence-corrected chi connectivity index (χ1v) is 7.88. The predicted octanol–water partition coefficient (Wildman–Crippen LogP) is 0.723. The lowest BCUT2D eigenvalue weighted by Gasteiger charge is -2.09. The van der Waals surface area contributed by atoms with Gasteiger partial charge in [0.05, 0.1) is 19.9 Å². The molecule has 1 atom stereocenters. The van der Waals surface area contributed by atoms with Gasteiger partial charge in [-0.25, -0.2) is 0 Å². The molecule has 1 aromatic heterocycles. The van der Waals surface area contributed by atoms with Crippen LogP contribution in [0.2, 0.25) is 0 Å². The van der Waals surface area contributed by atoms with E-state index in [1.807, 2.05) is 12.1 Å². The first kappa shape index (κ1) is 16.8. The summed E-state index contributed by atoms with van der Waals surface area (Å²) in [6, 6.07) is 6.67. The van der Waals surface area contributed by atoms with Crippen LogP contribution in [0.5, 0.6) is 11.5 Å². The van der Waals surface area contributed by atoms with E-state index in [4.69, 9.17) is 9.47 Å². The van der Waals surface area contributed by atoms with Crippen LogP contribution in [0, 0.1) is 0 Å². The average molecular weight is 344 g/mol. The third-order valence-electron chi connectivity index (χ3n) is 4.15. The molecule has 8 heteroatoms. The number of aromatic nitrogens is 2. The van der Waals surface area contributed by atoms with Crippen LogP contribution in [0.15, 0.2) is 24.3 Å². The number of nitrogens with zero attached hydrogens (tertiary/aromatic N) is 2. The van der Waals surface area contributed by atoms with Gasteiger partial charge in [0, 0.05) is 19.2 Å². The van der Waals surface area contributed by atoms with E-state index in [-0.39, 0.29) is 17.5 Å². The van der Waals surface area contributed by atoms with E-state index < -0.39 is 6.04 Å². The first-order chi connectivity index (χ1) is 12.0. The van der Waals surface area contributed by atoms with Crippen molar-refractivity contribution in [3.8, 4) is 22.8 Å². The molecule has 1 aliphatic rings. The van der Waals surface area contributed by atoms with Crippen molar-refractivity contribution in [3.05, 3.63) is 30.0 Å². The second-order valence-electron chi connectivity index (χ2n) is 5.71. The highest BCUT2D eigenvalue weighted by Gasteiger charge is 2.27. The molecule has 1 fully saturated rings. The summed E-state index contributed by atoms with van der Waals surface area (Å²) in [6.07, 6.45) is 0.583. The molecule has 2 aromatic rings. The third-order valence-corrected chi connectivity index (χ3v) is 4.15. The normalized spacial score (nSPS) is 16.4. The fourth-order valence-electron chi connectivity index (χ4n) is 2.81. The average Bonchev–Trinajstić information content (AvgIpc) is 3.20. The van der Waals surface area contributed by atoms with Gasteiger partial charge in [0.15, 0.2) is 17.2 Å². The quantitative estimate of drug-likeness (QED) is 0.834. The van der Waals surface area contributed by atoms with Gasteiger partial charge in [0.25, 0.3) is 5.91 Å². The lowest BCUT2D eigenvalue weighted by atomic mass is 10.1. The molecular weight excluding hydrogens is 324 g/mol. The van der Waals surface area contributed by atoms with Crippen molar-refractivity contribution in [2.45, 2.75) is 12.5 Å². The molecule has 0 aliphatic carbocycles. The Morgan fingerprint density at radius 1 is 1.28 bits per heavy atom. The molecule has 0 saturated carbocycles. The van der Waals surface area contributed by atoms with Crippen LogP contribution in [0.4, 0.5) is 0 Å². The number of ether oxygens (including phenoxy) is 2. The standard InChI is InChI=1S/C17H20N4O4/c1-21-13(10-4-5-14(24-2)15(8-10)25-3)9-12(20-21)17(23)19-11-6-7-18-16(11)22/h4-5,8-9,11H,6-7H2,1-3H3,(H,18,22)(H,19,23). The molecule has 0 radical (unpaired) electrons. The van der Waals surface area contributed by atoms with E-state index in [0.29, 0.717) is 24.5 Å². The summed E-state index contributed by atoms with van der Waals surface area (Å²) in [7, 11) is 4.89. The van der Waals surface area contributed by atoms with E-state index in [2.05, 4.69) is 15.7 Å². The maximum Gasteiger partial charge on any atom is 0.272 e. The number of methoxy groups -OCH3 is 2. The number of hydrogen-bond donors (Lipinski definition) is 2. The molecule has 1 saturated heterocycles. The summed E-state index contributed by atoms with van der Waals surface area (Å²) in [5.41, 5.74) is 1.85. The largest absolute Gasteiger partial charge is 0.493 e. The Morgan fingerprint density at radius 2 is 2.04 bits per heavy atom. The highest BCUT2D eigenvalue weighted by atomic mass is 16.5. The Hall–Kier alpha value is -3.03. The van der Waals surface area contributed by atoms with Gasteiger partial charge in [-0.05, 0) is 30.7 Å². The number of aryl methyl sites for hydroxylation is 1. The Labute approximate surface area is 145 Å². The van der Waals surface area contributed by atoms with Crippen LogP contribution in [0.25, 0.3) is 11.3 Å². The molecule has 0 bridgehead atoms. The summed E-state index contributed by atoms with van der Waals surface area (Å²) in [5, 5.41) is 9.65. The number of amides is 2. The fraction of sp³-hybridized carbons (Fsp3) is 0.353. The van der Waals surface area contributed by atoms with Gasteiger partial charge in [-0.15, -0.1) is 0 Å². The van der Waals surface area contributed by atoms with E-state index in [1.54, 1.807) is 38.1 Å². The summed E-state index contributed by atoms with van der Waals surface area (Å²) in [5.74, 6) is 0.683. The monoisotopic (exact) mass is 344 g/mol. The Kier molecular flexibility index (Phi) is 4.60. The molecule has 3 rings (SSSR count). The van der Waals surface area contributed by atoms with Crippen molar-refractivity contribution < 1.29 is 19.1 Å². The van der Waals surface area contributed by atoms with Gasteiger partial charge in [-0.2, -0.15) is 5.10 Å². The van der Waals surface area contributed by atoms with Gasteiger partial charge < -0.3 is 20.1 Å². The lowest BCUT2D eigenvalue weighted by molar-refractivity contribution is -0.120. The molecule has 132 valence electrons. The second-order valence-corrected chi connectivity index (χ2v) is 5.71. The maximum absolute atomic E-state index is 12.4. The Balaban J connectivity index is 1.85. The van der Waals surface area contributed by atoms with Crippen LogP contribution in [-0.2, 0) is 11.8 Å². The van der Waals surface area contributed by atoms with Gasteiger partial charge in [0.2, 0.25) is 5.91 Å². The molecule has 1 aliphatic heterocycles. The molecule has 8 nitrogen and oxygen atoms in total. The van der Waals surface area contributed by atoms with Crippen molar-refractivity contribution in [3.63, 3.8) is 0 Å². The number of carbonyl (C=O) groups is 2. The maximum atomic E-state index is 12.4. The number of carbonyl (C=O) groups excluding carboxylic acids is 2. The van der Waals surface area contributed by atoms with E-state index >= 15 is 0 Å². The minimum Gasteiger partial charge on any atom is -0.493 e. The molecule has 2 N–H and O–H groups in total. The van der Waals surface area contributed by atoms with Crippen LogP contribution in [0.3, 0.4) is 0 Å². The minimum absolute atomic E-state index is 0.163. The summed E-state index contributed by atoms with van der Waals surface area (Å²) >= 11 is 0. The zero-order valence-corrected chi connectivity index (χ0v) is 14.3. The van der Waals surface area contributed by atoms with Gasteiger partial charge in [-0.3, -0.25) is 14.3 Å². The second kappa shape index (κ2) is 6.84. The molecule has 2 heterocycles. The summed E-state index contributed by atoms with van der Waals surface area (Å²) in [6.45, 7) is 0.572. The van der Waals surface area contributed by atoms with E-state index in [1.165, 1.54) is 0 Å². The molecular formula is C17H20N4O4. The van der Waals surface area contributed by atoms with Crippen molar-refractivity contribution in [2.24, 2.45) is 7.05 Å². The molecule has 1 aromatic carbocycles. The highest BCUT2D eigenvalue weighted by Crippen LogP contribution is 2.32.